The molecule has 1 aromatic rings. The molecule has 102 valence electrons. The van der Waals surface area contributed by atoms with Gasteiger partial charge in [0.05, 0.1) is 5.00 Å². The minimum Gasteiger partial charge on any atom is -0.390 e. The van der Waals surface area contributed by atoms with Crippen molar-refractivity contribution in [3.05, 3.63) is 16.5 Å². The Kier molecular flexibility index (Phi) is 6.02. The van der Waals surface area contributed by atoms with E-state index in [1.165, 1.54) is 10.4 Å². The van der Waals surface area contributed by atoms with Crippen LogP contribution in [-0.2, 0) is 16.6 Å². The average molecular weight is 286 g/mol. The fourth-order valence-corrected chi connectivity index (χ4v) is 3.35. The number of hydrogen-bond donors (Lipinski definition) is 2. The van der Waals surface area contributed by atoms with Gasteiger partial charge in [-0.25, -0.2) is 0 Å². The Balaban J connectivity index is 2.38. The summed E-state index contributed by atoms with van der Waals surface area (Å²) in [5.74, 6) is 2.00. The molecule has 0 unspecified atom stereocenters. The molecule has 0 aliphatic rings. The Hall–Kier alpha value is -0.680. The van der Waals surface area contributed by atoms with Crippen LogP contribution >= 0.6 is 23.1 Å². The van der Waals surface area contributed by atoms with Crippen LogP contribution < -0.4 is 11.1 Å². The van der Waals surface area contributed by atoms with Crippen LogP contribution in [0.1, 0.15) is 31.2 Å². The lowest BCUT2D eigenvalue weighted by Gasteiger charge is -2.15. The maximum Gasteiger partial charge on any atom is 0.207 e. The van der Waals surface area contributed by atoms with Gasteiger partial charge in [-0.05, 0) is 29.2 Å². The summed E-state index contributed by atoms with van der Waals surface area (Å²) in [6.07, 6.45) is 1.75. The third-order valence-electron chi connectivity index (χ3n) is 2.57. The second-order valence-corrected chi connectivity index (χ2v) is 7.49. The molecule has 0 spiro atoms. The minimum absolute atomic E-state index is 0.179. The third kappa shape index (κ3) is 4.90. The molecule has 3 nitrogen and oxygen atoms in total. The van der Waals surface area contributed by atoms with Gasteiger partial charge in [0.1, 0.15) is 0 Å². The molecule has 5 heteroatoms. The Bertz CT molecular complexity index is 383. The number of thioether (sulfide) groups is 1. The number of amides is 1. The molecule has 0 aliphatic carbocycles. The lowest BCUT2D eigenvalue weighted by atomic mass is 9.94. The highest BCUT2D eigenvalue weighted by Crippen LogP contribution is 2.34. The summed E-state index contributed by atoms with van der Waals surface area (Å²) in [4.78, 5) is 11.4. The number of nitrogens with two attached hydrogens (primary N) is 1. The number of rotatable bonds is 7. The molecule has 18 heavy (non-hydrogen) atoms. The Labute approximate surface area is 118 Å². The molecule has 0 aliphatic heterocycles. The minimum atomic E-state index is 0.179. The van der Waals surface area contributed by atoms with E-state index in [0.717, 1.165) is 35.9 Å². The van der Waals surface area contributed by atoms with Crippen LogP contribution in [0.25, 0.3) is 0 Å². The fourth-order valence-electron chi connectivity index (χ4n) is 1.48. The summed E-state index contributed by atoms with van der Waals surface area (Å²) in [6.45, 7) is 7.37. The third-order valence-corrected chi connectivity index (χ3v) is 4.99. The van der Waals surface area contributed by atoms with E-state index in [9.17, 15) is 4.79 Å². The molecule has 0 saturated heterocycles. The molecule has 0 aromatic carbocycles. The van der Waals surface area contributed by atoms with Gasteiger partial charge in [-0.2, -0.15) is 11.8 Å². The summed E-state index contributed by atoms with van der Waals surface area (Å²) in [7, 11) is 0. The van der Waals surface area contributed by atoms with E-state index in [4.69, 9.17) is 5.73 Å². The lowest BCUT2D eigenvalue weighted by Crippen LogP contribution is -2.14. The molecule has 1 amide bonds. The zero-order valence-electron chi connectivity index (χ0n) is 11.3. The Morgan fingerprint density at radius 2 is 2.17 bits per heavy atom. The number of nitrogens with one attached hydrogen (secondary N) is 1. The quantitative estimate of drug-likeness (QED) is 0.598. The van der Waals surface area contributed by atoms with Crippen LogP contribution in [0, 0.1) is 0 Å². The van der Waals surface area contributed by atoms with Crippen molar-refractivity contribution in [1.29, 1.82) is 0 Å². The molecule has 0 bridgehead atoms. The SMILES string of the molecule is CC(C)(C)c1cc(CCSCCNC=O)c(N)s1. The first kappa shape index (κ1) is 15.4. The van der Waals surface area contributed by atoms with Gasteiger partial charge < -0.3 is 11.1 Å². The molecular weight excluding hydrogens is 264 g/mol. The molecule has 1 heterocycles. The maximum atomic E-state index is 10.1. The standard InChI is InChI=1S/C13H22N2OS2/c1-13(2,3)11-8-10(12(14)18-11)4-6-17-7-5-15-9-16/h8-9H,4-7,14H2,1-3H3,(H,15,16). The Morgan fingerprint density at radius 1 is 1.44 bits per heavy atom. The summed E-state index contributed by atoms with van der Waals surface area (Å²) >= 11 is 3.54. The molecule has 1 aromatic heterocycles. The zero-order valence-corrected chi connectivity index (χ0v) is 12.9. The van der Waals surface area contributed by atoms with Crippen LogP contribution in [0.3, 0.4) is 0 Å². The summed E-state index contributed by atoms with van der Waals surface area (Å²) < 4.78 is 0. The van der Waals surface area contributed by atoms with E-state index >= 15 is 0 Å². The van der Waals surface area contributed by atoms with Gasteiger partial charge in [0.15, 0.2) is 0 Å². The molecule has 0 fully saturated rings. The van der Waals surface area contributed by atoms with E-state index in [0.29, 0.717) is 0 Å². The van der Waals surface area contributed by atoms with Crippen molar-refractivity contribution in [2.75, 3.05) is 23.8 Å². The normalized spacial score (nSPS) is 11.5. The highest BCUT2D eigenvalue weighted by atomic mass is 32.2. The number of hydrogen-bond acceptors (Lipinski definition) is 4. The van der Waals surface area contributed by atoms with E-state index in [1.807, 2.05) is 11.8 Å². The highest BCUT2D eigenvalue weighted by molar-refractivity contribution is 7.99. The van der Waals surface area contributed by atoms with Crippen molar-refractivity contribution in [3.8, 4) is 0 Å². The van der Waals surface area contributed by atoms with Gasteiger partial charge in [-0.15, -0.1) is 11.3 Å². The summed E-state index contributed by atoms with van der Waals surface area (Å²) in [5.41, 5.74) is 7.49. The van der Waals surface area contributed by atoms with Gasteiger partial charge in [0.2, 0.25) is 6.41 Å². The van der Waals surface area contributed by atoms with Crippen LogP contribution in [0.15, 0.2) is 6.07 Å². The van der Waals surface area contributed by atoms with Crippen LogP contribution in [-0.4, -0.2) is 24.5 Å². The van der Waals surface area contributed by atoms with Crippen molar-refractivity contribution < 1.29 is 4.79 Å². The van der Waals surface area contributed by atoms with Crippen molar-refractivity contribution in [2.24, 2.45) is 0 Å². The molecule has 3 N–H and O–H groups in total. The predicted molar refractivity (Wildman–Crippen MR) is 82.5 cm³/mol. The average Bonchev–Trinajstić information content (AvgIpc) is 2.65. The van der Waals surface area contributed by atoms with E-state index in [1.54, 1.807) is 11.3 Å². The smallest absolute Gasteiger partial charge is 0.207 e. The largest absolute Gasteiger partial charge is 0.390 e. The van der Waals surface area contributed by atoms with Crippen LogP contribution in [0.2, 0.25) is 0 Å². The molecule has 0 saturated carbocycles. The molecule has 0 radical (unpaired) electrons. The Morgan fingerprint density at radius 3 is 2.72 bits per heavy atom. The number of carbonyl (C=O) groups excluding carboxylic acids is 1. The summed E-state index contributed by atoms with van der Waals surface area (Å²) in [5, 5.41) is 3.61. The number of nitrogen functional groups attached to an aromatic ring is 1. The maximum absolute atomic E-state index is 10.1. The summed E-state index contributed by atoms with van der Waals surface area (Å²) in [6, 6.07) is 2.24. The second-order valence-electron chi connectivity index (χ2n) is 5.18. The van der Waals surface area contributed by atoms with Gasteiger partial charge >= 0.3 is 0 Å². The number of carbonyl (C=O) groups is 1. The van der Waals surface area contributed by atoms with Crippen molar-refractivity contribution in [1.82, 2.24) is 5.32 Å². The van der Waals surface area contributed by atoms with E-state index < -0.39 is 0 Å². The van der Waals surface area contributed by atoms with Crippen molar-refractivity contribution >= 4 is 34.5 Å². The highest BCUT2D eigenvalue weighted by Gasteiger charge is 2.18. The van der Waals surface area contributed by atoms with E-state index in [2.05, 4.69) is 32.2 Å². The van der Waals surface area contributed by atoms with Gasteiger partial charge in [0.25, 0.3) is 0 Å². The fraction of sp³-hybridized carbons (Fsp3) is 0.615. The first-order valence-electron chi connectivity index (χ1n) is 6.08. The molecule has 1 rings (SSSR count). The van der Waals surface area contributed by atoms with Crippen LogP contribution in [0.5, 0.6) is 0 Å². The van der Waals surface area contributed by atoms with Crippen molar-refractivity contribution in [3.63, 3.8) is 0 Å². The molecule has 0 atom stereocenters. The molecular formula is C13H22N2OS2. The van der Waals surface area contributed by atoms with Crippen LogP contribution in [0.4, 0.5) is 5.00 Å². The van der Waals surface area contributed by atoms with Gasteiger partial charge in [-0.1, -0.05) is 20.8 Å². The van der Waals surface area contributed by atoms with E-state index in [-0.39, 0.29) is 5.41 Å². The monoisotopic (exact) mass is 286 g/mol. The predicted octanol–water partition coefficient (Wildman–Crippen LogP) is 2.65. The first-order valence-corrected chi connectivity index (χ1v) is 8.05. The number of thiophene rings is 1. The topological polar surface area (TPSA) is 55.1 Å². The van der Waals surface area contributed by atoms with Gasteiger partial charge in [-0.3, -0.25) is 4.79 Å². The second kappa shape index (κ2) is 7.04. The number of anilines is 1. The van der Waals surface area contributed by atoms with Crippen molar-refractivity contribution in [2.45, 2.75) is 32.6 Å². The zero-order chi connectivity index (χ0) is 13.6. The first-order chi connectivity index (χ1) is 8.45. The number of aryl methyl sites for hydroxylation is 1. The van der Waals surface area contributed by atoms with Gasteiger partial charge in [0, 0.05) is 17.2 Å². The lowest BCUT2D eigenvalue weighted by molar-refractivity contribution is -0.109.